The van der Waals surface area contributed by atoms with Gasteiger partial charge in [-0.1, -0.05) is 6.08 Å². The van der Waals surface area contributed by atoms with Gasteiger partial charge < -0.3 is 5.32 Å². The second-order valence-corrected chi connectivity index (χ2v) is 3.18. The van der Waals surface area contributed by atoms with E-state index in [1.54, 1.807) is 0 Å². The van der Waals surface area contributed by atoms with E-state index in [1.807, 2.05) is 0 Å². The number of rotatable bonds is 3. The number of likely N-dealkylation sites (N-methyl/N-ethyl adjacent to an activating group) is 1. The fourth-order valence-corrected chi connectivity index (χ4v) is 1.32. The Morgan fingerprint density at radius 2 is 2.31 bits per heavy atom. The molecule has 6 heteroatoms. The zero-order valence-electron chi connectivity index (χ0n) is 9.04. The van der Waals surface area contributed by atoms with Gasteiger partial charge in [-0.25, -0.2) is 4.39 Å². The molecule has 0 aromatic heterocycles. The zero-order chi connectivity index (χ0) is 12.1. The van der Waals surface area contributed by atoms with Crippen LogP contribution >= 0.6 is 0 Å². The lowest BCUT2D eigenvalue weighted by Gasteiger charge is -2.15. The van der Waals surface area contributed by atoms with Gasteiger partial charge in [0.25, 0.3) is 5.91 Å². The van der Waals surface area contributed by atoms with Crippen LogP contribution in [0.5, 0.6) is 0 Å². The van der Waals surface area contributed by atoms with Crippen LogP contribution in [0, 0.1) is 0 Å². The van der Waals surface area contributed by atoms with E-state index in [1.165, 1.54) is 26.3 Å². The van der Waals surface area contributed by atoms with Crippen LogP contribution < -0.4 is 10.8 Å². The predicted molar refractivity (Wildman–Crippen MR) is 54.9 cm³/mol. The van der Waals surface area contributed by atoms with Gasteiger partial charge in [-0.3, -0.25) is 19.9 Å². The van der Waals surface area contributed by atoms with Crippen LogP contribution in [0.25, 0.3) is 0 Å². The van der Waals surface area contributed by atoms with Crippen LogP contribution in [0.15, 0.2) is 23.4 Å². The predicted octanol–water partition coefficient (Wildman–Crippen LogP) is 0.00460. The van der Waals surface area contributed by atoms with Crippen LogP contribution in [0.3, 0.4) is 0 Å². The lowest BCUT2D eigenvalue weighted by Crippen LogP contribution is -2.32. The van der Waals surface area contributed by atoms with Crippen LogP contribution in [0.4, 0.5) is 4.39 Å². The molecule has 0 aromatic rings. The Bertz CT molecular complexity index is 363. The number of hydroxylamine groups is 1. The molecule has 1 atom stereocenters. The highest BCUT2D eigenvalue weighted by Crippen LogP contribution is 2.18. The van der Waals surface area contributed by atoms with Crippen molar-refractivity contribution in [1.82, 2.24) is 10.8 Å². The Labute approximate surface area is 92.3 Å². The maximum absolute atomic E-state index is 12.9. The monoisotopic (exact) mass is 228 g/mol. The summed E-state index contributed by atoms with van der Waals surface area (Å²) >= 11 is 0. The average molecular weight is 228 g/mol. The van der Waals surface area contributed by atoms with Crippen LogP contribution in [-0.2, 0) is 14.4 Å². The molecule has 1 aliphatic carbocycles. The van der Waals surface area contributed by atoms with E-state index in [9.17, 15) is 14.0 Å². The van der Waals surface area contributed by atoms with Crippen molar-refractivity contribution >= 4 is 11.7 Å². The number of hydrogen-bond acceptors (Lipinski definition) is 4. The first-order valence-electron chi connectivity index (χ1n) is 4.71. The molecule has 5 nitrogen and oxygen atoms in total. The van der Waals surface area contributed by atoms with Crippen molar-refractivity contribution in [1.29, 1.82) is 0 Å². The van der Waals surface area contributed by atoms with E-state index in [0.717, 1.165) is 0 Å². The summed E-state index contributed by atoms with van der Waals surface area (Å²) in [5.41, 5.74) is 2.43. The number of amides is 1. The molecule has 0 radical (unpaired) electrons. The number of hydrogen-bond donors (Lipinski definition) is 2. The first-order chi connectivity index (χ1) is 7.60. The van der Waals surface area contributed by atoms with Gasteiger partial charge in [-0.15, -0.1) is 0 Å². The number of carbonyl (C=O) groups excluding carboxylic acids is 2. The minimum absolute atomic E-state index is 0.0156. The second-order valence-electron chi connectivity index (χ2n) is 3.18. The van der Waals surface area contributed by atoms with Crippen molar-refractivity contribution < 1.29 is 18.8 Å². The molecule has 0 spiro atoms. The van der Waals surface area contributed by atoms with Gasteiger partial charge in [0.2, 0.25) is 0 Å². The normalized spacial score (nSPS) is 22.9. The Morgan fingerprint density at radius 3 is 2.81 bits per heavy atom. The van der Waals surface area contributed by atoms with Crippen LogP contribution in [-0.4, -0.2) is 32.0 Å². The highest BCUT2D eigenvalue weighted by Gasteiger charge is 2.24. The van der Waals surface area contributed by atoms with Crippen molar-refractivity contribution in [3.8, 4) is 0 Å². The quantitative estimate of drug-likeness (QED) is 0.527. The third kappa shape index (κ3) is 2.66. The van der Waals surface area contributed by atoms with E-state index in [2.05, 4.69) is 15.6 Å². The molecule has 1 amide bonds. The Hall–Kier alpha value is -1.69. The summed E-state index contributed by atoms with van der Waals surface area (Å²) in [5.74, 6) is -0.926. The van der Waals surface area contributed by atoms with Crippen molar-refractivity contribution in [2.75, 3.05) is 14.2 Å². The minimum Gasteiger partial charge on any atom is -0.354 e. The molecular formula is C10H13FN2O3. The van der Waals surface area contributed by atoms with Crippen molar-refractivity contribution in [3.05, 3.63) is 23.4 Å². The van der Waals surface area contributed by atoms with E-state index >= 15 is 0 Å². The molecule has 0 bridgehead atoms. The van der Waals surface area contributed by atoms with E-state index < -0.39 is 17.9 Å². The van der Waals surface area contributed by atoms with Gasteiger partial charge in [0.05, 0.1) is 7.11 Å². The number of alkyl halides is 1. The smallest absolute Gasteiger partial charge is 0.270 e. The molecule has 16 heavy (non-hydrogen) atoms. The molecule has 1 rings (SSSR count). The average Bonchev–Trinajstić information content (AvgIpc) is 2.26. The summed E-state index contributed by atoms with van der Waals surface area (Å²) in [6.07, 6.45) is 0.978. The molecule has 0 aromatic carbocycles. The van der Waals surface area contributed by atoms with Crippen molar-refractivity contribution in [3.63, 3.8) is 0 Å². The summed E-state index contributed by atoms with van der Waals surface area (Å²) in [7, 11) is 2.74. The van der Waals surface area contributed by atoms with Crippen molar-refractivity contribution in [2.24, 2.45) is 0 Å². The molecule has 88 valence electrons. The summed E-state index contributed by atoms with van der Waals surface area (Å²) in [6.45, 7) is 0. The maximum Gasteiger partial charge on any atom is 0.270 e. The Morgan fingerprint density at radius 1 is 1.62 bits per heavy atom. The standard InChI is InChI=1S/C10H13FN2O3/c1-12-10(15)9(13-16-2)7-4-3-6(11)5-8(7)14/h3-4,6,13H,5H2,1-2H3,(H,12,15). The summed E-state index contributed by atoms with van der Waals surface area (Å²) < 4.78 is 12.9. The highest BCUT2D eigenvalue weighted by atomic mass is 19.1. The molecule has 0 heterocycles. The Kier molecular flexibility index (Phi) is 4.19. The van der Waals surface area contributed by atoms with Gasteiger partial charge in [0.1, 0.15) is 11.9 Å². The van der Waals surface area contributed by atoms with Gasteiger partial charge in [0, 0.05) is 19.0 Å². The second kappa shape index (κ2) is 5.41. The summed E-state index contributed by atoms with van der Waals surface area (Å²) in [5, 5.41) is 2.36. The molecule has 1 unspecified atom stereocenters. The SMILES string of the molecule is CNC(=O)C(NOC)=C1C=CC(F)CC1=O. The van der Waals surface area contributed by atoms with E-state index in [-0.39, 0.29) is 17.7 Å². The molecule has 0 fully saturated rings. The number of ketones is 1. The summed E-state index contributed by atoms with van der Waals surface area (Å²) in [6, 6.07) is 0. The number of allylic oxidation sites excluding steroid dienone is 3. The highest BCUT2D eigenvalue weighted by molar-refractivity contribution is 6.07. The zero-order valence-corrected chi connectivity index (χ0v) is 9.04. The van der Waals surface area contributed by atoms with Gasteiger partial charge in [-0.05, 0) is 6.08 Å². The third-order valence-corrected chi connectivity index (χ3v) is 2.08. The van der Waals surface area contributed by atoms with Crippen LogP contribution in [0.2, 0.25) is 0 Å². The van der Waals surface area contributed by atoms with Crippen LogP contribution in [0.1, 0.15) is 6.42 Å². The fraction of sp³-hybridized carbons (Fsp3) is 0.400. The van der Waals surface area contributed by atoms with E-state index in [4.69, 9.17) is 0 Å². The Balaban J connectivity index is 3.10. The molecule has 0 saturated heterocycles. The van der Waals surface area contributed by atoms with Gasteiger partial charge in [0.15, 0.2) is 5.78 Å². The topological polar surface area (TPSA) is 67.4 Å². The molecule has 0 saturated carbocycles. The largest absolute Gasteiger partial charge is 0.354 e. The number of Topliss-reactive ketones (excluding diaryl/α,β-unsaturated/α-hetero) is 1. The maximum atomic E-state index is 12.9. The minimum atomic E-state index is -1.29. The number of carbonyl (C=O) groups is 2. The first kappa shape index (κ1) is 12.4. The number of nitrogens with one attached hydrogen (secondary N) is 2. The van der Waals surface area contributed by atoms with Crippen molar-refractivity contribution in [2.45, 2.75) is 12.6 Å². The molecule has 0 aliphatic heterocycles. The molecule has 2 N–H and O–H groups in total. The molecular weight excluding hydrogens is 215 g/mol. The van der Waals surface area contributed by atoms with Gasteiger partial charge in [-0.2, -0.15) is 0 Å². The first-order valence-corrected chi connectivity index (χ1v) is 4.71. The summed E-state index contributed by atoms with van der Waals surface area (Å²) in [4.78, 5) is 27.6. The lowest BCUT2D eigenvalue weighted by atomic mass is 9.97. The number of halogens is 1. The third-order valence-electron chi connectivity index (χ3n) is 2.08. The van der Waals surface area contributed by atoms with Gasteiger partial charge >= 0.3 is 0 Å². The van der Waals surface area contributed by atoms with E-state index in [0.29, 0.717) is 0 Å². The fourth-order valence-electron chi connectivity index (χ4n) is 1.32. The lowest BCUT2D eigenvalue weighted by molar-refractivity contribution is -0.120. The molecule has 1 aliphatic rings.